The minimum atomic E-state index is -1.01. The summed E-state index contributed by atoms with van der Waals surface area (Å²) in [6, 6.07) is 7.58. The lowest BCUT2D eigenvalue weighted by molar-refractivity contribution is -0.117. The van der Waals surface area contributed by atoms with Crippen LogP contribution >= 0.6 is 11.3 Å². The predicted octanol–water partition coefficient (Wildman–Crippen LogP) is 2.41. The van der Waals surface area contributed by atoms with Crippen molar-refractivity contribution in [2.24, 2.45) is 10.9 Å². The number of thiazole rings is 1. The third-order valence-corrected chi connectivity index (χ3v) is 4.50. The molecule has 0 fully saturated rings. The number of hydrogen-bond acceptors (Lipinski definition) is 6. The number of hydrogen-bond donors (Lipinski definition) is 1. The zero-order chi connectivity index (χ0) is 16.0. The lowest BCUT2D eigenvalue weighted by atomic mass is 10.1. The summed E-state index contributed by atoms with van der Waals surface area (Å²) < 4.78 is 2.13. The van der Waals surface area contributed by atoms with Crippen molar-refractivity contribution < 1.29 is 9.59 Å². The van der Waals surface area contributed by atoms with Gasteiger partial charge in [0.2, 0.25) is 5.91 Å². The highest BCUT2D eigenvalue weighted by Crippen LogP contribution is 2.27. The maximum absolute atomic E-state index is 12.4. The second kappa shape index (κ2) is 5.10. The molecule has 114 valence electrons. The quantitative estimate of drug-likeness (QED) is 0.733. The van der Waals surface area contributed by atoms with Gasteiger partial charge in [-0.3, -0.25) is 9.59 Å². The lowest BCUT2D eigenvalue weighted by Gasteiger charge is -2.15. The van der Waals surface area contributed by atoms with Gasteiger partial charge < -0.3 is 5.32 Å². The van der Waals surface area contributed by atoms with Crippen LogP contribution in [0.3, 0.4) is 0 Å². The molecule has 1 aliphatic heterocycles. The van der Waals surface area contributed by atoms with Gasteiger partial charge in [-0.15, -0.1) is 0 Å². The van der Waals surface area contributed by atoms with Crippen LogP contribution in [0.25, 0.3) is 10.2 Å². The van der Waals surface area contributed by atoms with Gasteiger partial charge in [0.1, 0.15) is 0 Å². The Kier molecular flexibility index (Phi) is 3.05. The fourth-order valence-corrected chi connectivity index (χ4v) is 3.24. The maximum Gasteiger partial charge on any atom is 0.266 e. The number of para-hydroxylation sites is 1. The Morgan fingerprint density at radius 1 is 1.35 bits per heavy atom. The van der Waals surface area contributed by atoms with Crippen molar-refractivity contribution >= 4 is 50.5 Å². The van der Waals surface area contributed by atoms with E-state index in [1.807, 2.05) is 31.2 Å². The molecule has 3 heterocycles. The fraction of sp³-hybridized carbons (Fsp3) is 0.133. The highest BCUT2D eigenvalue weighted by atomic mass is 32.1. The average molecular weight is 325 g/mol. The molecule has 1 aromatic carbocycles. The minimum absolute atomic E-state index is 0.415. The van der Waals surface area contributed by atoms with Crippen LogP contribution in [0.4, 0.5) is 10.9 Å². The van der Waals surface area contributed by atoms with Gasteiger partial charge in [0, 0.05) is 11.8 Å². The molecule has 0 radical (unpaired) electrons. The Labute approximate surface area is 134 Å². The van der Waals surface area contributed by atoms with E-state index >= 15 is 0 Å². The van der Waals surface area contributed by atoms with E-state index in [2.05, 4.69) is 20.4 Å². The van der Waals surface area contributed by atoms with E-state index in [0.29, 0.717) is 10.9 Å². The van der Waals surface area contributed by atoms with Gasteiger partial charge in [-0.05, 0) is 19.1 Å². The van der Waals surface area contributed by atoms with Crippen molar-refractivity contribution in [1.82, 2.24) is 14.8 Å². The van der Waals surface area contributed by atoms with Crippen molar-refractivity contribution in [2.45, 2.75) is 6.92 Å². The Morgan fingerprint density at radius 2 is 2.17 bits per heavy atom. The normalized spacial score (nSPS) is 16.6. The number of carbonyl (C=O) groups excluding carboxylic acids is 2. The van der Waals surface area contributed by atoms with Gasteiger partial charge in [0.25, 0.3) is 5.91 Å². The van der Waals surface area contributed by atoms with Crippen LogP contribution in [0.2, 0.25) is 0 Å². The second-order valence-corrected chi connectivity index (χ2v) is 6.16. The summed E-state index contributed by atoms with van der Waals surface area (Å²) in [5.74, 6) is -1.41. The second-order valence-electron chi connectivity index (χ2n) is 5.13. The van der Waals surface area contributed by atoms with Gasteiger partial charge >= 0.3 is 0 Å². The van der Waals surface area contributed by atoms with E-state index in [0.717, 1.165) is 20.5 Å². The van der Waals surface area contributed by atoms with Crippen LogP contribution in [0.5, 0.6) is 0 Å². The lowest BCUT2D eigenvalue weighted by Crippen LogP contribution is -2.36. The standard InChI is InChI=1S/C15H11N5O2S/c1-8-6-17-20-12(8)16-7-9(14(20)22)13(21)19-15-18-10-4-2-3-5-11(10)23-15/h2-7,9H,1H3,(H,18,19,21). The Bertz CT molecular complexity index is 938. The van der Waals surface area contributed by atoms with Gasteiger partial charge in [-0.25, -0.2) is 9.98 Å². The Hall–Kier alpha value is -2.87. The van der Waals surface area contributed by atoms with E-state index in [1.54, 1.807) is 6.20 Å². The number of amides is 1. The van der Waals surface area contributed by atoms with Crippen LogP contribution < -0.4 is 5.32 Å². The number of aliphatic imine (C=N–C) groups is 1. The molecule has 0 spiro atoms. The van der Waals surface area contributed by atoms with E-state index in [9.17, 15) is 9.59 Å². The van der Waals surface area contributed by atoms with Gasteiger partial charge in [0.05, 0.1) is 16.4 Å². The number of carbonyl (C=O) groups is 2. The number of rotatable bonds is 2. The third-order valence-electron chi connectivity index (χ3n) is 3.55. The van der Waals surface area contributed by atoms with Crippen molar-refractivity contribution in [3.05, 3.63) is 36.0 Å². The molecule has 1 atom stereocenters. The molecule has 0 saturated heterocycles. The first kappa shape index (κ1) is 13.8. The van der Waals surface area contributed by atoms with Crippen LogP contribution in [0.15, 0.2) is 35.5 Å². The molecule has 0 aliphatic carbocycles. The van der Waals surface area contributed by atoms with Crippen molar-refractivity contribution in [1.29, 1.82) is 0 Å². The molecule has 0 saturated carbocycles. The number of aromatic nitrogens is 3. The molecule has 0 bridgehead atoms. The SMILES string of the molecule is Cc1cnn2c1N=CC(C(=O)Nc1nc3ccccc3s1)C2=O. The zero-order valence-corrected chi connectivity index (χ0v) is 12.9. The van der Waals surface area contributed by atoms with E-state index in [-0.39, 0.29) is 0 Å². The summed E-state index contributed by atoms with van der Waals surface area (Å²) in [4.78, 5) is 33.2. The molecule has 7 nitrogen and oxygen atoms in total. The first-order valence-electron chi connectivity index (χ1n) is 6.93. The number of anilines is 1. The molecule has 23 heavy (non-hydrogen) atoms. The third kappa shape index (κ3) is 2.23. The van der Waals surface area contributed by atoms with Crippen LogP contribution in [0, 0.1) is 12.8 Å². The highest BCUT2D eigenvalue weighted by molar-refractivity contribution is 7.22. The van der Waals surface area contributed by atoms with Gasteiger partial charge in [0.15, 0.2) is 16.9 Å². The summed E-state index contributed by atoms with van der Waals surface area (Å²) in [5.41, 5.74) is 1.60. The van der Waals surface area contributed by atoms with Crippen molar-refractivity contribution in [2.75, 3.05) is 5.32 Å². The number of nitrogens with one attached hydrogen (secondary N) is 1. The summed E-state index contributed by atoms with van der Waals surface area (Å²) in [6.07, 6.45) is 2.91. The van der Waals surface area contributed by atoms with Crippen LogP contribution in [0.1, 0.15) is 10.4 Å². The Morgan fingerprint density at radius 3 is 3.00 bits per heavy atom. The summed E-state index contributed by atoms with van der Waals surface area (Å²) in [7, 11) is 0. The molecule has 1 N–H and O–H groups in total. The number of nitrogens with zero attached hydrogens (tertiary/aromatic N) is 4. The van der Waals surface area contributed by atoms with Crippen LogP contribution in [-0.4, -0.2) is 32.8 Å². The summed E-state index contributed by atoms with van der Waals surface area (Å²) >= 11 is 1.36. The molecular weight excluding hydrogens is 314 g/mol. The van der Waals surface area contributed by atoms with E-state index < -0.39 is 17.7 Å². The summed E-state index contributed by atoms with van der Waals surface area (Å²) in [6.45, 7) is 1.81. The summed E-state index contributed by atoms with van der Waals surface area (Å²) in [5, 5.41) is 7.11. The number of fused-ring (bicyclic) bond motifs is 2. The fourth-order valence-electron chi connectivity index (χ4n) is 2.37. The van der Waals surface area contributed by atoms with Gasteiger partial charge in [-0.1, -0.05) is 23.5 Å². The topological polar surface area (TPSA) is 89.2 Å². The van der Waals surface area contributed by atoms with E-state index in [1.165, 1.54) is 17.6 Å². The molecule has 1 unspecified atom stereocenters. The molecule has 4 rings (SSSR count). The molecule has 1 amide bonds. The molecule has 8 heteroatoms. The maximum atomic E-state index is 12.4. The molecular formula is C15H11N5O2S. The molecule has 3 aromatic rings. The van der Waals surface area contributed by atoms with Crippen molar-refractivity contribution in [3.8, 4) is 0 Å². The number of benzene rings is 1. The molecule has 2 aromatic heterocycles. The monoisotopic (exact) mass is 325 g/mol. The average Bonchev–Trinajstić information content (AvgIpc) is 3.11. The first-order valence-corrected chi connectivity index (χ1v) is 7.74. The minimum Gasteiger partial charge on any atom is -0.301 e. The van der Waals surface area contributed by atoms with E-state index in [4.69, 9.17) is 0 Å². The largest absolute Gasteiger partial charge is 0.301 e. The van der Waals surface area contributed by atoms with Crippen molar-refractivity contribution in [3.63, 3.8) is 0 Å². The zero-order valence-electron chi connectivity index (χ0n) is 12.1. The highest BCUT2D eigenvalue weighted by Gasteiger charge is 2.32. The molecule has 1 aliphatic rings. The van der Waals surface area contributed by atoms with Gasteiger partial charge in [-0.2, -0.15) is 9.78 Å². The van der Waals surface area contributed by atoms with Crippen LogP contribution in [-0.2, 0) is 4.79 Å². The Balaban J connectivity index is 1.59. The predicted molar refractivity (Wildman–Crippen MR) is 87.5 cm³/mol. The number of aryl methyl sites for hydroxylation is 1. The smallest absolute Gasteiger partial charge is 0.266 e. The first-order chi connectivity index (χ1) is 11.1.